The lowest BCUT2D eigenvalue weighted by Gasteiger charge is -2.19. The van der Waals surface area contributed by atoms with E-state index in [0.717, 1.165) is 6.21 Å². The Morgan fingerprint density at radius 3 is 2.32 bits per heavy atom. The van der Waals surface area contributed by atoms with Crippen LogP contribution in [-0.2, 0) is 16.1 Å². The third-order valence-corrected chi connectivity index (χ3v) is 4.82. The molecule has 0 saturated carbocycles. The van der Waals surface area contributed by atoms with Crippen LogP contribution in [0.2, 0.25) is 5.02 Å². The van der Waals surface area contributed by atoms with Crippen LogP contribution in [0.25, 0.3) is 17.1 Å². The van der Waals surface area contributed by atoms with Crippen LogP contribution in [0.15, 0.2) is 64.0 Å². The number of alkyl halides is 5. The number of aromatic nitrogens is 3. The van der Waals surface area contributed by atoms with Crippen molar-refractivity contribution in [1.29, 1.82) is 0 Å². The number of amides is 2. The number of ether oxygens (including phenoxy) is 1. The topological polar surface area (TPSA) is 137 Å². The zero-order chi connectivity index (χ0) is 27.2. The molecule has 1 aliphatic rings. The molecular formula is C21H15ClF5N7O3. The summed E-state index contributed by atoms with van der Waals surface area (Å²) < 4.78 is 68.8. The molecule has 2 amide bonds. The van der Waals surface area contributed by atoms with Gasteiger partial charge in [0.1, 0.15) is 12.8 Å². The van der Waals surface area contributed by atoms with Gasteiger partial charge >= 0.3 is 18.0 Å². The number of carbonyl (C=O) groups is 2. The summed E-state index contributed by atoms with van der Waals surface area (Å²) in [5.74, 6) is -6.26. The second kappa shape index (κ2) is 11.3. The molecule has 1 aromatic heterocycles. The molecular weight excluding hydrogens is 529 g/mol. The molecule has 1 aliphatic heterocycles. The molecule has 0 aliphatic carbocycles. The highest BCUT2D eigenvalue weighted by Gasteiger charge is 2.57. The Hall–Kier alpha value is -4.11. The molecule has 16 heteroatoms. The van der Waals surface area contributed by atoms with Crippen molar-refractivity contribution >= 4 is 29.6 Å². The van der Waals surface area contributed by atoms with Gasteiger partial charge in [-0.15, -0.1) is 10.2 Å². The van der Waals surface area contributed by atoms with Crippen molar-refractivity contribution in [3.8, 4) is 17.1 Å². The van der Waals surface area contributed by atoms with Crippen molar-refractivity contribution in [2.24, 2.45) is 21.2 Å². The molecule has 3 aromatic rings. The monoisotopic (exact) mass is 543 g/mol. The van der Waals surface area contributed by atoms with Gasteiger partial charge in [0.2, 0.25) is 5.82 Å². The Kier molecular flexibility index (Phi) is 8.39. The van der Waals surface area contributed by atoms with Crippen molar-refractivity contribution in [3.05, 3.63) is 64.9 Å². The molecule has 37 heavy (non-hydrogen) atoms. The standard InChI is InChI=1S/C19H14ClF5N4O2.C2HN3O/c20-14-7-6-13(8-12(14)9-31-10-18(21,22)19(23,24)25)29-17(11-4-2-1-3-5-11)27-16(28-29)15(26)30;6-2-1-3-5-4-2/h1-8H,9-10H2,(H2,26,30);1H. The van der Waals surface area contributed by atoms with E-state index in [1.807, 2.05) is 0 Å². The number of nitrogens with two attached hydrogens (primary N) is 1. The van der Waals surface area contributed by atoms with E-state index in [2.05, 4.69) is 30.3 Å². The van der Waals surface area contributed by atoms with E-state index in [4.69, 9.17) is 17.3 Å². The van der Waals surface area contributed by atoms with E-state index in [1.165, 1.54) is 22.9 Å². The van der Waals surface area contributed by atoms with E-state index in [0.29, 0.717) is 11.3 Å². The van der Waals surface area contributed by atoms with Crippen molar-refractivity contribution in [2.75, 3.05) is 6.61 Å². The van der Waals surface area contributed by atoms with Crippen LogP contribution in [0.4, 0.5) is 22.0 Å². The van der Waals surface area contributed by atoms with Gasteiger partial charge in [-0.1, -0.05) is 47.0 Å². The van der Waals surface area contributed by atoms with Crippen LogP contribution in [0.3, 0.4) is 0 Å². The zero-order valence-corrected chi connectivity index (χ0v) is 19.1. The lowest BCUT2D eigenvalue weighted by molar-refractivity contribution is -0.297. The lowest BCUT2D eigenvalue weighted by Crippen LogP contribution is -2.40. The number of rotatable bonds is 7. The molecule has 2 N–H and O–H groups in total. The van der Waals surface area contributed by atoms with Crippen LogP contribution in [0.5, 0.6) is 0 Å². The van der Waals surface area contributed by atoms with Gasteiger partial charge in [0.25, 0.3) is 5.91 Å². The number of hydrogen-bond acceptors (Lipinski definition) is 7. The molecule has 10 nitrogen and oxygen atoms in total. The van der Waals surface area contributed by atoms with E-state index < -0.39 is 31.2 Å². The summed E-state index contributed by atoms with van der Waals surface area (Å²) >= 11 is 6.03. The maximum absolute atomic E-state index is 13.0. The van der Waals surface area contributed by atoms with Gasteiger partial charge in [-0.05, 0) is 29.0 Å². The van der Waals surface area contributed by atoms with Gasteiger partial charge in [0.15, 0.2) is 5.82 Å². The molecule has 194 valence electrons. The molecule has 0 radical (unpaired) electrons. The first-order chi connectivity index (χ1) is 17.4. The minimum absolute atomic E-state index is 0.0792. The van der Waals surface area contributed by atoms with E-state index in [1.54, 1.807) is 30.3 Å². The highest BCUT2D eigenvalue weighted by atomic mass is 35.5. The van der Waals surface area contributed by atoms with Crippen molar-refractivity contribution in [3.63, 3.8) is 0 Å². The van der Waals surface area contributed by atoms with Crippen LogP contribution in [0, 0.1) is 0 Å². The second-order valence-corrected chi connectivity index (χ2v) is 7.55. The molecule has 0 bridgehead atoms. The first-order valence-corrected chi connectivity index (χ1v) is 10.4. The summed E-state index contributed by atoms with van der Waals surface area (Å²) in [4.78, 5) is 25.5. The molecule has 0 atom stereocenters. The summed E-state index contributed by atoms with van der Waals surface area (Å²) in [6.45, 7) is -2.47. The molecule has 0 fully saturated rings. The maximum Gasteiger partial charge on any atom is 0.455 e. The number of halogens is 6. The Morgan fingerprint density at radius 1 is 1.08 bits per heavy atom. The van der Waals surface area contributed by atoms with Gasteiger partial charge in [0, 0.05) is 10.6 Å². The fourth-order valence-electron chi connectivity index (χ4n) is 2.72. The van der Waals surface area contributed by atoms with Crippen LogP contribution >= 0.6 is 11.6 Å². The SMILES string of the molecule is NC(=O)c1nc(-c2ccccc2)n(-c2ccc(Cl)c(COCC(F)(F)C(F)(F)F)c2)n1.O=C1C=NN=N1. The molecule has 4 rings (SSSR count). The quantitative estimate of drug-likeness (QED) is 0.441. The fourth-order valence-corrected chi connectivity index (χ4v) is 2.89. The Bertz CT molecular complexity index is 1330. The minimum atomic E-state index is -5.73. The molecule has 0 unspecified atom stereocenters. The lowest BCUT2D eigenvalue weighted by atomic mass is 10.2. The first-order valence-electron chi connectivity index (χ1n) is 10.0. The van der Waals surface area contributed by atoms with Gasteiger partial charge in [-0.25, -0.2) is 9.67 Å². The van der Waals surface area contributed by atoms with E-state index in [9.17, 15) is 31.5 Å². The number of hydrogen-bond donors (Lipinski definition) is 1. The summed E-state index contributed by atoms with van der Waals surface area (Å²) in [5.41, 5.74) is 6.31. The normalized spacial score (nSPS) is 13.0. The highest BCUT2D eigenvalue weighted by molar-refractivity contribution is 6.31. The van der Waals surface area contributed by atoms with Gasteiger partial charge < -0.3 is 10.5 Å². The van der Waals surface area contributed by atoms with Crippen LogP contribution in [-0.4, -0.2) is 51.5 Å². The number of nitrogens with zero attached hydrogens (tertiary/aromatic N) is 6. The second-order valence-electron chi connectivity index (χ2n) is 7.14. The average Bonchev–Trinajstić information content (AvgIpc) is 3.50. The average molecular weight is 544 g/mol. The van der Waals surface area contributed by atoms with Gasteiger partial charge in [0.05, 0.1) is 12.3 Å². The summed E-state index contributed by atoms with van der Waals surface area (Å²) in [7, 11) is 0. The molecule has 0 saturated heterocycles. The molecule has 0 spiro atoms. The third kappa shape index (κ3) is 6.98. The minimum Gasteiger partial charge on any atom is -0.370 e. The maximum atomic E-state index is 13.0. The fraction of sp³-hybridized carbons (Fsp3) is 0.190. The predicted octanol–water partition coefficient (Wildman–Crippen LogP) is 4.37. The largest absolute Gasteiger partial charge is 0.455 e. The third-order valence-electron chi connectivity index (χ3n) is 4.45. The molecule has 2 aromatic carbocycles. The van der Waals surface area contributed by atoms with Crippen LogP contribution in [0.1, 0.15) is 16.2 Å². The Labute approximate surface area is 209 Å². The Balaban J connectivity index is 0.000000555. The van der Waals surface area contributed by atoms with Gasteiger partial charge in [-0.2, -0.15) is 22.0 Å². The van der Waals surface area contributed by atoms with Gasteiger partial charge in [-0.3, -0.25) is 9.59 Å². The van der Waals surface area contributed by atoms with Crippen molar-refractivity contribution < 1.29 is 36.3 Å². The highest BCUT2D eigenvalue weighted by Crippen LogP contribution is 2.36. The van der Waals surface area contributed by atoms with E-state index >= 15 is 0 Å². The predicted molar refractivity (Wildman–Crippen MR) is 119 cm³/mol. The first kappa shape index (κ1) is 27.5. The number of carbonyl (C=O) groups excluding carboxylic acids is 2. The number of benzene rings is 2. The summed E-state index contributed by atoms with van der Waals surface area (Å²) in [6, 6.07) is 12.9. The van der Waals surface area contributed by atoms with Crippen LogP contribution < -0.4 is 5.73 Å². The number of primary amides is 1. The summed E-state index contributed by atoms with van der Waals surface area (Å²) in [5, 5.41) is 13.3. The van der Waals surface area contributed by atoms with Crippen molar-refractivity contribution in [2.45, 2.75) is 18.7 Å². The van der Waals surface area contributed by atoms with E-state index in [-0.39, 0.29) is 28.1 Å². The smallest absolute Gasteiger partial charge is 0.370 e. The summed E-state index contributed by atoms with van der Waals surface area (Å²) in [6.07, 6.45) is -4.67. The zero-order valence-electron chi connectivity index (χ0n) is 18.4. The molecule has 2 heterocycles. The van der Waals surface area contributed by atoms with Crippen molar-refractivity contribution in [1.82, 2.24) is 14.8 Å². The Morgan fingerprint density at radius 2 is 1.78 bits per heavy atom.